The van der Waals surface area contributed by atoms with Gasteiger partial charge in [0.25, 0.3) is 0 Å². The monoisotopic (exact) mass is 351 g/mol. The third kappa shape index (κ3) is 5.51. The van der Waals surface area contributed by atoms with E-state index in [0.717, 1.165) is 12.8 Å². The van der Waals surface area contributed by atoms with E-state index in [9.17, 15) is 14.8 Å². The van der Waals surface area contributed by atoms with Crippen molar-refractivity contribution in [1.82, 2.24) is 5.32 Å². The summed E-state index contributed by atoms with van der Waals surface area (Å²) in [4.78, 5) is 25.5. The first-order valence-corrected chi connectivity index (χ1v) is 8.24. The molecule has 0 radical (unpaired) electrons. The number of esters is 1. The van der Waals surface area contributed by atoms with Crippen molar-refractivity contribution in [2.75, 3.05) is 25.1 Å². The van der Waals surface area contributed by atoms with Gasteiger partial charge in [-0.05, 0) is 39.7 Å². The second-order valence-electron chi connectivity index (χ2n) is 7.04. The van der Waals surface area contributed by atoms with Crippen molar-refractivity contribution in [3.05, 3.63) is 29.2 Å². The van der Waals surface area contributed by atoms with E-state index < -0.39 is 17.7 Å². The molecular weight excluding hydrogens is 326 g/mol. The second kappa shape index (κ2) is 7.58. The number of piperidine rings is 1. The van der Waals surface area contributed by atoms with Crippen LogP contribution < -0.4 is 14.9 Å². The largest absolute Gasteiger partial charge is 0.619 e. The normalized spacial score (nSPS) is 15.6. The van der Waals surface area contributed by atoms with Gasteiger partial charge in [0.1, 0.15) is 16.9 Å². The summed E-state index contributed by atoms with van der Waals surface area (Å²) < 4.78 is 10.5. The van der Waals surface area contributed by atoms with Gasteiger partial charge in [0.05, 0.1) is 7.11 Å². The Kier molecular flexibility index (Phi) is 5.71. The Balaban J connectivity index is 1.95. The fourth-order valence-corrected chi connectivity index (χ4v) is 2.70. The number of amides is 1. The summed E-state index contributed by atoms with van der Waals surface area (Å²) >= 11 is 0. The van der Waals surface area contributed by atoms with Gasteiger partial charge in [-0.2, -0.15) is 4.73 Å². The zero-order valence-corrected chi connectivity index (χ0v) is 15.1. The van der Waals surface area contributed by atoms with Crippen LogP contribution in [0.3, 0.4) is 0 Å². The molecule has 2 rings (SSSR count). The van der Waals surface area contributed by atoms with E-state index in [4.69, 9.17) is 4.74 Å². The van der Waals surface area contributed by atoms with E-state index in [-0.39, 0.29) is 11.6 Å². The van der Waals surface area contributed by atoms with E-state index in [1.165, 1.54) is 19.5 Å². The smallest absolute Gasteiger partial charge is 0.407 e. The first kappa shape index (κ1) is 18.8. The van der Waals surface area contributed by atoms with Gasteiger partial charge in [0.2, 0.25) is 6.20 Å². The first-order valence-electron chi connectivity index (χ1n) is 8.24. The van der Waals surface area contributed by atoms with Crippen molar-refractivity contribution in [1.29, 1.82) is 0 Å². The Bertz CT molecular complexity index is 634. The number of carbonyl (C=O) groups excluding carboxylic acids is 2. The van der Waals surface area contributed by atoms with Crippen LogP contribution in [0.15, 0.2) is 18.5 Å². The van der Waals surface area contributed by atoms with Crippen LogP contribution in [0.1, 0.15) is 44.0 Å². The molecule has 2 heterocycles. The molecule has 0 aliphatic carbocycles. The van der Waals surface area contributed by atoms with Crippen molar-refractivity contribution in [2.45, 2.75) is 45.3 Å². The molecule has 1 aliphatic rings. The molecule has 25 heavy (non-hydrogen) atoms. The SMILES string of the molecule is COC(=O)c1cc(N2CCC(NC(=O)OC(C)(C)C)CC2)c[n+]([O-])c1. The Morgan fingerprint density at radius 1 is 1.28 bits per heavy atom. The minimum Gasteiger partial charge on any atom is -0.619 e. The highest BCUT2D eigenvalue weighted by atomic mass is 16.6. The third-order valence-electron chi connectivity index (χ3n) is 3.83. The molecule has 1 amide bonds. The molecule has 8 heteroatoms. The minimum atomic E-state index is -0.548. The molecule has 1 saturated heterocycles. The van der Waals surface area contributed by atoms with Crippen LogP contribution in [-0.2, 0) is 9.47 Å². The zero-order chi connectivity index (χ0) is 18.6. The number of nitrogens with zero attached hydrogens (tertiary/aromatic N) is 2. The summed E-state index contributed by atoms with van der Waals surface area (Å²) in [6, 6.07) is 1.66. The maximum atomic E-state index is 11.8. The van der Waals surface area contributed by atoms with Gasteiger partial charge in [0, 0.05) is 19.1 Å². The number of aromatic nitrogens is 1. The summed E-state index contributed by atoms with van der Waals surface area (Å²) in [5, 5.41) is 14.6. The van der Waals surface area contributed by atoms with Crippen molar-refractivity contribution in [3.8, 4) is 0 Å². The Hall–Kier alpha value is -2.51. The molecular formula is C17H25N3O5. The molecule has 8 nitrogen and oxygen atoms in total. The maximum absolute atomic E-state index is 11.8. The molecule has 0 atom stereocenters. The van der Waals surface area contributed by atoms with Gasteiger partial charge in [-0.1, -0.05) is 0 Å². The molecule has 1 aromatic heterocycles. The number of nitrogens with one attached hydrogen (secondary N) is 1. The Labute approximate surface area is 147 Å². The van der Waals surface area contributed by atoms with Crippen molar-refractivity contribution >= 4 is 17.7 Å². The number of hydrogen-bond acceptors (Lipinski definition) is 6. The van der Waals surface area contributed by atoms with Crippen LogP contribution in [-0.4, -0.2) is 43.9 Å². The lowest BCUT2D eigenvalue weighted by Crippen LogP contribution is -2.46. The molecule has 0 saturated carbocycles. The lowest BCUT2D eigenvalue weighted by Gasteiger charge is -2.33. The molecule has 1 N–H and O–H groups in total. The molecule has 1 aromatic rings. The van der Waals surface area contributed by atoms with Crippen LogP contribution in [0.4, 0.5) is 10.5 Å². The number of alkyl carbamates (subject to hydrolysis) is 1. The van der Waals surface area contributed by atoms with E-state index in [0.29, 0.717) is 23.5 Å². The van der Waals surface area contributed by atoms with Gasteiger partial charge < -0.3 is 24.9 Å². The number of pyridine rings is 1. The number of ether oxygens (including phenoxy) is 2. The van der Waals surface area contributed by atoms with Crippen molar-refractivity contribution < 1.29 is 23.8 Å². The summed E-state index contributed by atoms with van der Waals surface area (Å²) in [5.74, 6) is -0.548. The summed E-state index contributed by atoms with van der Waals surface area (Å²) in [6.07, 6.45) is 3.64. The standard InChI is InChI=1S/C17H25N3O5/c1-17(2,3)25-16(22)18-13-5-7-19(8-6-13)14-9-12(15(21)24-4)10-20(23)11-14/h9-11,13H,5-8H2,1-4H3,(H,18,22). The molecule has 0 unspecified atom stereocenters. The second-order valence-corrected chi connectivity index (χ2v) is 7.04. The van der Waals surface area contributed by atoms with E-state index in [1.807, 2.05) is 25.7 Å². The van der Waals surface area contributed by atoms with Gasteiger partial charge in [-0.3, -0.25) is 0 Å². The Morgan fingerprint density at radius 3 is 2.48 bits per heavy atom. The predicted molar refractivity (Wildman–Crippen MR) is 91.3 cm³/mol. The number of hydrogen-bond donors (Lipinski definition) is 1. The summed E-state index contributed by atoms with van der Waals surface area (Å²) in [7, 11) is 1.28. The van der Waals surface area contributed by atoms with Gasteiger partial charge in [-0.25, -0.2) is 9.59 Å². The fourth-order valence-electron chi connectivity index (χ4n) is 2.70. The fraction of sp³-hybridized carbons (Fsp3) is 0.588. The van der Waals surface area contributed by atoms with Crippen molar-refractivity contribution in [2.24, 2.45) is 0 Å². The third-order valence-corrected chi connectivity index (χ3v) is 3.83. The van der Waals surface area contributed by atoms with Crippen molar-refractivity contribution in [3.63, 3.8) is 0 Å². The van der Waals surface area contributed by atoms with E-state index in [1.54, 1.807) is 6.07 Å². The molecule has 138 valence electrons. The topological polar surface area (TPSA) is 94.8 Å². The Morgan fingerprint density at radius 2 is 1.92 bits per heavy atom. The average molecular weight is 351 g/mol. The van der Waals surface area contributed by atoms with Crippen LogP contribution in [0, 0.1) is 5.21 Å². The summed E-state index contributed by atoms with van der Waals surface area (Å²) in [5.41, 5.74) is 0.346. The minimum absolute atomic E-state index is 0.0225. The molecule has 1 fully saturated rings. The molecule has 1 aliphatic heterocycles. The number of carbonyl (C=O) groups is 2. The average Bonchev–Trinajstić information content (AvgIpc) is 2.52. The van der Waals surface area contributed by atoms with E-state index in [2.05, 4.69) is 10.1 Å². The highest BCUT2D eigenvalue weighted by molar-refractivity contribution is 5.89. The van der Waals surface area contributed by atoms with Crippen LogP contribution in [0.2, 0.25) is 0 Å². The van der Waals surface area contributed by atoms with Gasteiger partial charge in [-0.15, -0.1) is 0 Å². The predicted octanol–water partition coefficient (Wildman–Crippen LogP) is 1.60. The quantitative estimate of drug-likeness (QED) is 0.505. The summed E-state index contributed by atoms with van der Waals surface area (Å²) in [6.45, 7) is 6.78. The number of anilines is 1. The van der Waals surface area contributed by atoms with Crippen LogP contribution >= 0.6 is 0 Å². The highest BCUT2D eigenvalue weighted by Gasteiger charge is 2.25. The van der Waals surface area contributed by atoms with Crippen LogP contribution in [0.25, 0.3) is 0 Å². The zero-order valence-electron chi connectivity index (χ0n) is 15.1. The molecule has 0 bridgehead atoms. The highest BCUT2D eigenvalue weighted by Crippen LogP contribution is 2.20. The lowest BCUT2D eigenvalue weighted by atomic mass is 10.0. The van der Waals surface area contributed by atoms with E-state index >= 15 is 0 Å². The number of rotatable bonds is 3. The molecule has 0 spiro atoms. The number of methoxy groups -OCH3 is 1. The maximum Gasteiger partial charge on any atom is 0.407 e. The lowest BCUT2D eigenvalue weighted by molar-refractivity contribution is -0.604. The first-order chi connectivity index (χ1) is 11.7. The van der Waals surface area contributed by atoms with Gasteiger partial charge >= 0.3 is 12.1 Å². The van der Waals surface area contributed by atoms with Gasteiger partial charge in [0.15, 0.2) is 6.20 Å². The molecule has 0 aromatic carbocycles. The van der Waals surface area contributed by atoms with Crippen LogP contribution in [0.5, 0.6) is 0 Å².